The molecule has 0 aliphatic heterocycles. The standard InChI is InChI=1S/C13H14N6O3/c1-3-19-12-9(5-15-19)13(21)18(7-14-12)6-10(20)16-11-4-8(2)17-22-11/h4-5,7H,3,6H2,1-2H3,(H,16,20). The summed E-state index contributed by atoms with van der Waals surface area (Å²) < 4.78 is 7.74. The van der Waals surface area contributed by atoms with Gasteiger partial charge in [0.2, 0.25) is 11.8 Å². The fourth-order valence-electron chi connectivity index (χ4n) is 2.10. The van der Waals surface area contributed by atoms with Crippen molar-refractivity contribution in [3.05, 3.63) is 34.6 Å². The number of hydrogen-bond donors (Lipinski definition) is 1. The van der Waals surface area contributed by atoms with Gasteiger partial charge in [-0.1, -0.05) is 5.16 Å². The maximum Gasteiger partial charge on any atom is 0.264 e. The summed E-state index contributed by atoms with van der Waals surface area (Å²) in [7, 11) is 0. The van der Waals surface area contributed by atoms with E-state index >= 15 is 0 Å². The van der Waals surface area contributed by atoms with Crippen LogP contribution in [0.15, 0.2) is 27.9 Å². The summed E-state index contributed by atoms with van der Waals surface area (Å²) in [5.74, 6) is -0.161. The van der Waals surface area contributed by atoms with E-state index in [0.29, 0.717) is 23.3 Å². The molecule has 0 saturated heterocycles. The molecule has 1 N–H and O–H groups in total. The van der Waals surface area contributed by atoms with Gasteiger partial charge in [-0.15, -0.1) is 0 Å². The highest BCUT2D eigenvalue weighted by atomic mass is 16.5. The summed E-state index contributed by atoms with van der Waals surface area (Å²) in [6.45, 7) is 4.10. The van der Waals surface area contributed by atoms with E-state index in [1.165, 1.54) is 17.1 Å². The van der Waals surface area contributed by atoms with Crippen LogP contribution in [0.4, 0.5) is 5.88 Å². The van der Waals surface area contributed by atoms with Crippen molar-refractivity contribution in [3.8, 4) is 0 Å². The van der Waals surface area contributed by atoms with Gasteiger partial charge in [-0.05, 0) is 13.8 Å². The van der Waals surface area contributed by atoms with Crippen molar-refractivity contribution in [2.75, 3.05) is 5.32 Å². The van der Waals surface area contributed by atoms with E-state index in [4.69, 9.17) is 4.52 Å². The summed E-state index contributed by atoms with van der Waals surface area (Å²) in [5.41, 5.74) is 0.853. The molecule has 3 rings (SSSR count). The van der Waals surface area contributed by atoms with Crippen molar-refractivity contribution in [1.82, 2.24) is 24.5 Å². The van der Waals surface area contributed by atoms with Crippen LogP contribution < -0.4 is 10.9 Å². The molecule has 22 heavy (non-hydrogen) atoms. The number of amides is 1. The Morgan fingerprint density at radius 1 is 1.45 bits per heavy atom. The number of nitrogens with zero attached hydrogens (tertiary/aromatic N) is 5. The lowest BCUT2D eigenvalue weighted by Crippen LogP contribution is -2.27. The van der Waals surface area contributed by atoms with Gasteiger partial charge in [-0.2, -0.15) is 5.10 Å². The lowest BCUT2D eigenvalue weighted by Gasteiger charge is -2.05. The van der Waals surface area contributed by atoms with Gasteiger partial charge in [-0.3, -0.25) is 19.5 Å². The third kappa shape index (κ3) is 2.48. The fraction of sp³-hybridized carbons (Fsp3) is 0.308. The average Bonchev–Trinajstić information content (AvgIpc) is 3.08. The molecule has 0 atom stereocenters. The first-order valence-electron chi connectivity index (χ1n) is 6.72. The lowest BCUT2D eigenvalue weighted by molar-refractivity contribution is -0.116. The molecule has 0 aliphatic rings. The third-order valence-electron chi connectivity index (χ3n) is 3.13. The molecule has 0 unspecified atom stereocenters. The topological polar surface area (TPSA) is 108 Å². The quantitative estimate of drug-likeness (QED) is 0.754. The zero-order chi connectivity index (χ0) is 15.7. The van der Waals surface area contributed by atoms with Crippen LogP contribution in [0.2, 0.25) is 0 Å². The SMILES string of the molecule is CCn1ncc2c(=O)n(CC(=O)Nc3cc(C)no3)cnc21. The second kappa shape index (κ2) is 5.43. The number of aromatic nitrogens is 5. The average molecular weight is 302 g/mol. The van der Waals surface area contributed by atoms with Crippen LogP contribution in [-0.2, 0) is 17.9 Å². The molecule has 0 aliphatic carbocycles. The smallest absolute Gasteiger partial charge is 0.264 e. The first-order chi connectivity index (χ1) is 10.6. The number of carbonyl (C=O) groups is 1. The summed E-state index contributed by atoms with van der Waals surface area (Å²) in [6, 6.07) is 1.59. The molecule has 1 amide bonds. The monoisotopic (exact) mass is 302 g/mol. The molecule has 0 bridgehead atoms. The van der Waals surface area contributed by atoms with E-state index in [2.05, 4.69) is 20.6 Å². The van der Waals surface area contributed by atoms with E-state index < -0.39 is 5.91 Å². The Morgan fingerprint density at radius 3 is 2.95 bits per heavy atom. The first-order valence-corrected chi connectivity index (χ1v) is 6.72. The molecule has 3 heterocycles. The normalized spacial score (nSPS) is 11.0. The van der Waals surface area contributed by atoms with Crippen molar-refractivity contribution in [2.24, 2.45) is 0 Å². The van der Waals surface area contributed by atoms with Gasteiger partial charge in [0.15, 0.2) is 5.65 Å². The van der Waals surface area contributed by atoms with Gasteiger partial charge in [0.1, 0.15) is 18.3 Å². The molecule has 0 saturated carbocycles. The second-order valence-corrected chi connectivity index (χ2v) is 4.76. The van der Waals surface area contributed by atoms with Crippen LogP contribution >= 0.6 is 0 Å². The number of rotatable bonds is 4. The maximum absolute atomic E-state index is 12.3. The van der Waals surface area contributed by atoms with Crippen LogP contribution in [0.25, 0.3) is 11.0 Å². The Bertz CT molecular complexity index is 891. The molecule has 114 valence electrons. The van der Waals surface area contributed by atoms with E-state index in [1.807, 2.05) is 6.92 Å². The fourth-order valence-corrected chi connectivity index (χ4v) is 2.10. The molecule has 0 spiro atoms. The summed E-state index contributed by atoms with van der Waals surface area (Å²) in [5, 5.41) is 10.7. The van der Waals surface area contributed by atoms with E-state index in [9.17, 15) is 9.59 Å². The zero-order valence-corrected chi connectivity index (χ0v) is 12.1. The van der Waals surface area contributed by atoms with Crippen LogP contribution in [0, 0.1) is 6.92 Å². The zero-order valence-electron chi connectivity index (χ0n) is 12.1. The Kier molecular flexibility index (Phi) is 3.45. The Morgan fingerprint density at radius 2 is 2.27 bits per heavy atom. The van der Waals surface area contributed by atoms with Gasteiger partial charge in [0.25, 0.3) is 5.56 Å². The number of aryl methyl sites for hydroxylation is 2. The molecule has 9 heteroatoms. The minimum Gasteiger partial charge on any atom is -0.338 e. The molecular weight excluding hydrogens is 288 g/mol. The molecule has 3 aromatic heterocycles. The highest BCUT2D eigenvalue weighted by Crippen LogP contribution is 2.08. The Labute approximate surface area is 124 Å². The molecule has 0 aromatic carbocycles. The van der Waals surface area contributed by atoms with Crippen LogP contribution in [-0.4, -0.2) is 30.4 Å². The number of nitrogens with one attached hydrogen (secondary N) is 1. The minimum absolute atomic E-state index is 0.168. The number of hydrogen-bond acceptors (Lipinski definition) is 6. The first kappa shape index (κ1) is 14.0. The van der Waals surface area contributed by atoms with Gasteiger partial charge in [0.05, 0.1) is 11.9 Å². The maximum atomic E-state index is 12.3. The van der Waals surface area contributed by atoms with Gasteiger partial charge in [-0.25, -0.2) is 9.67 Å². The van der Waals surface area contributed by atoms with Crippen LogP contribution in [0.3, 0.4) is 0 Å². The Hall–Kier alpha value is -2.97. The summed E-state index contributed by atoms with van der Waals surface area (Å²) in [4.78, 5) is 28.4. The Balaban J connectivity index is 1.83. The van der Waals surface area contributed by atoms with Crippen molar-refractivity contribution in [2.45, 2.75) is 26.9 Å². The summed E-state index contributed by atoms with van der Waals surface area (Å²) >= 11 is 0. The second-order valence-electron chi connectivity index (χ2n) is 4.76. The molecule has 3 aromatic rings. The number of carbonyl (C=O) groups excluding carboxylic acids is 1. The largest absolute Gasteiger partial charge is 0.338 e. The van der Waals surface area contributed by atoms with Gasteiger partial charge in [0, 0.05) is 12.6 Å². The molecular formula is C13H14N6O3. The van der Waals surface area contributed by atoms with E-state index in [-0.39, 0.29) is 18.0 Å². The number of fused-ring (bicyclic) bond motifs is 1. The highest BCUT2D eigenvalue weighted by molar-refractivity contribution is 5.89. The van der Waals surface area contributed by atoms with Gasteiger partial charge >= 0.3 is 0 Å². The summed E-state index contributed by atoms with van der Waals surface area (Å²) in [6.07, 6.45) is 2.80. The van der Waals surface area contributed by atoms with E-state index in [0.717, 1.165) is 0 Å². The van der Waals surface area contributed by atoms with Crippen molar-refractivity contribution in [3.63, 3.8) is 0 Å². The van der Waals surface area contributed by atoms with Crippen molar-refractivity contribution < 1.29 is 9.32 Å². The number of anilines is 1. The predicted octanol–water partition coefficient (Wildman–Crippen LogP) is 0.548. The van der Waals surface area contributed by atoms with Crippen LogP contribution in [0.5, 0.6) is 0 Å². The molecule has 9 nitrogen and oxygen atoms in total. The van der Waals surface area contributed by atoms with E-state index in [1.54, 1.807) is 17.7 Å². The van der Waals surface area contributed by atoms with Crippen LogP contribution in [0.1, 0.15) is 12.6 Å². The minimum atomic E-state index is -0.401. The third-order valence-corrected chi connectivity index (χ3v) is 3.13. The predicted molar refractivity (Wildman–Crippen MR) is 77.3 cm³/mol. The lowest BCUT2D eigenvalue weighted by atomic mass is 10.4. The van der Waals surface area contributed by atoms with Crippen molar-refractivity contribution in [1.29, 1.82) is 0 Å². The highest BCUT2D eigenvalue weighted by Gasteiger charge is 2.12. The molecule has 0 fully saturated rings. The molecule has 0 radical (unpaired) electrons. The van der Waals surface area contributed by atoms with Crippen molar-refractivity contribution >= 4 is 22.8 Å². The van der Waals surface area contributed by atoms with Gasteiger partial charge < -0.3 is 4.52 Å².